The van der Waals surface area contributed by atoms with Crippen molar-refractivity contribution in [1.29, 1.82) is 0 Å². The summed E-state index contributed by atoms with van der Waals surface area (Å²) in [6.07, 6.45) is -0.0347. The van der Waals surface area contributed by atoms with Crippen molar-refractivity contribution < 1.29 is 22.3 Å². The van der Waals surface area contributed by atoms with Gasteiger partial charge in [-0.3, -0.25) is 4.79 Å². The second-order valence-electron chi connectivity index (χ2n) is 6.58. The topological polar surface area (TPSA) is 84.5 Å². The summed E-state index contributed by atoms with van der Waals surface area (Å²) in [7, 11) is -2.31. The largest absolute Gasteiger partial charge is 0.494 e. The molecule has 1 amide bonds. The van der Waals surface area contributed by atoms with E-state index in [1.54, 1.807) is 25.1 Å². The van der Waals surface area contributed by atoms with Gasteiger partial charge in [-0.05, 0) is 61.7 Å². The third-order valence-electron chi connectivity index (χ3n) is 4.49. The summed E-state index contributed by atoms with van der Waals surface area (Å²) < 4.78 is 45.7. The molecule has 0 fully saturated rings. The lowest BCUT2D eigenvalue weighted by atomic mass is 10.1. The Kier molecular flexibility index (Phi) is 7.15. The van der Waals surface area contributed by atoms with Gasteiger partial charge in [-0.2, -0.15) is 0 Å². The van der Waals surface area contributed by atoms with Gasteiger partial charge in [0.05, 0.1) is 18.0 Å². The van der Waals surface area contributed by atoms with Crippen molar-refractivity contribution in [3.05, 3.63) is 58.9 Å². The van der Waals surface area contributed by atoms with E-state index in [0.29, 0.717) is 5.56 Å². The molecule has 6 nitrogen and oxygen atoms in total. The van der Waals surface area contributed by atoms with Crippen molar-refractivity contribution in [3.8, 4) is 5.75 Å². The molecule has 0 aromatic heterocycles. The van der Waals surface area contributed by atoms with Crippen LogP contribution in [0.5, 0.6) is 5.75 Å². The molecule has 152 valence electrons. The second kappa shape index (κ2) is 9.16. The summed E-state index contributed by atoms with van der Waals surface area (Å²) in [5, 5.41) is 2.72. The Morgan fingerprint density at radius 2 is 1.86 bits per heavy atom. The van der Waals surface area contributed by atoms with Gasteiger partial charge in [0.1, 0.15) is 0 Å². The van der Waals surface area contributed by atoms with Crippen LogP contribution in [0.4, 0.5) is 4.39 Å². The van der Waals surface area contributed by atoms with E-state index in [0.717, 1.165) is 11.1 Å². The van der Waals surface area contributed by atoms with Crippen LogP contribution in [0, 0.1) is 19.7 Å². The van der Waals surface area contributed by atoms with Crippen LogP contribution in [0.15, 0.2) is 41.3 Å². The van der Waals surface area contributed by atoms with Gasteiger partial charge in [0.25, 0.3) is 0 Å². The molecular weight excluding hydrogens is 383 g/mol. The van der Waals surface area contributed by atoms with Crippen LogP contribution in [0.2, 0.25) is 0 Å². The molecule has 1 atom stereocenters. The van der Waals surface area contributed by atoms with Crippen LogP contribution in [0.3, 0.4) is 0 Å². The molecule has 2 rings (SSSR count). The summed E-state index contributed by atoms with van der Waals surface area (Å²) in [5.74, 6) is -0.725. The highest BCUT2D eigenvalue weighted by atomic mass is 32.2. The van der Waals surface area contributed by atoms with Crippen LogP contribution in [-0.2, 0) is 14.8 Å². The number of sulfonamides is 1. The molecular formula is C20H25FN2O4S. The van der Waals surface area contributed by atoms with E-state index in [-0.39, 0.29) is 29.5 Å². The molecule has 0 spiro atoms. The molecule has 0 saturated heterocycles. The summed E-state index contributed by atoms with van der Waals surface area (Å²) in [6, 6.07) is 8.89. The predicted octanol–water partition coefficient (Wildman–Crippen LogP) is 3.00. The molecule has 0 saturated carbocycles. The lowest BCUT2D eigenvalue weighted by Crippen LogP contribution is -2.32. The molecule has 0 heterocycles. The first kappa shape index (κ1) is 21.8. The molecule has 8 heteroatoms. The van der Waals surface area contributed by atoms with Gasteiger partial charge in [-0.25, -0.2) is 17.5 Å². The SMILES string of the molecule is COc1ccc([C@@H](C)NC(=O)CCNS(=O)(=O)c2ccc(C)c(C)c2)cc1F. The van der Waals surface area contributed by atoms with Gasteiger partial charge in [-0.15, -0.1) is 0 Å². The number of hydrogen-bond acceptors (Lipinski definition) is 4. The maximum Gasteiger partial charge on any atom is 0.240 e. The highest BCUT2D eigenvalue weighted by Gasteiger charge is 2.16. The molecule has 0 aliphatic heterocycles. The van der Waals surface area contributed by atoms with Crippen molar-refractivity contribution in [2.75, 3.05) is 13.7 Å². The molecule has 0 radical (unpaired) electrons. The number of nitrogens with one attached hydrogen (secondary N) is 2. The number of benzene rings is 2. The van der Waals surface area contributed by atoms with Gasteiger partial charge < -0.3 is 10.1 Å². The zero-order valence-corrected chi connectivity index (χ0v) is 17.2. The predicted molar refractivity (Wildman–Crippen MR) is 105 cm³/mol. The minimum atomic E-state index is -3.68. The maximum atomic E-state index is 13.8. The molecule has 2 N–H and O–H groups in total. The van der Waals surface area contributed by atoms with E-state index >= 15 is 0 Å². The fraction of sp³-hybridized carbons (Fsp3) is 0.350. The first-order valence-electron chi connectivity index (χ1n) is 8.83. The van der Waals surface area contributed by atoms with Crippen molar-refractivity contribution >= 4 is 15.9 Å². The Labute approximate surface area is 165 Å². The minimum Gasteiger partial charge on any atom is -0.494 e. The minimum absolute atomic E-state index is 0.0347. The Bertz CT molecular complexity index is 961. The van der Waals surface area contributed by atoms with E-state index in [4.69, 9.17) is 4.74 Å². The lowest BCUT2D eigenvalue weighted by molar-refractivity contribution is -0.121. The number of hydrogen-bond donors (Lipinski definition) is 2. The van der Waals surface area contributed by atoms with Crippen LogP contribution in [0.1, 0.15) is 36.1 Å². The van der Waals surface area contributed by atoms with E-state index in [2.05, 4.69) is 10.0 Å². The third kappa shape index (κ3) is 5.53. The Morgan fingerprint density at radius 1 is 1.14 bits per heavy atom. The summed E-state index contributed by atoms with van der Waals surface area (Å²) >= 11 is 0. The van der Waals surface area contributed by atoms with E-state index < -0.39 is 21.9 Å². The van der Waals surface area contributed by atoms with E-state index in [1.807, 2.05) is 13.8 Å². The normalized spacial score (nSPS) is 12.5. The van der Waals surface area contributed by atoms with Crippen LogP contribution >= 0.6 is 0 Å². The van der Waals surface area contributed by atoms with Gasteiger partial charge in [-0.1, -0.05) is 12.1 Å². The van der Waals surface area contributed by atoms with Crippen LogP contribution in [0.25, 0.3) is 0 Å². The zero-order valence-electron chi connectivity index (χ0n) is 16.4. The lowest BCUT2D eigenvalue weighted by Gasteiger charge is -2.15. The number of amides is 1. The van der Waals surface area contributed by atoms with E-state index in [1.165, 1.54) is 25.3 Å². The third-order valence-corrected chi connectivity index (χ3v) is 5.94. The Balaban J connectivity index is 1.89. The van der Waals surface area contributed by atoms with Gasteiger partial charge in [0.15, 0.2) is 11.6 Å². The van der Waals surface area contributed by atoms with Crippen LogP contribution < -0.4 is 14.8 Å². The second-order valence-corrected chi connectivity index (χ2v) is 8.34. The number of aryl methyl sites for hydroxylation is 2. The molecule has 2 aromatic carbocycles. The molecule has 2 aromatic rings. The van der Waals surface area contributed by atoms with Gasteiger partial charge >= 0.3 is 0 Å². The smallest absolute Gasteiger partial charge is 0.240 e. The molecule has 0 bridgehead atoms. The highest BCUT2D eigenvalue weighted by molar-refractivity contribution is 7.89. The first-order valence-corrected chi connectivity index (χ1v) is 10.3. The van der Waals surface area contributed by atoms with Crippen LogP contribution in [-0.4, -0.2) is 28.0 Å². The number of rotatable bonds is 8. The number of halogens is 1. The fourth-order valence-corrected chi connectivity index (χ4v) is 3.73. The number of methoxy groups -OCH3 is 1. The monoisotopic (exact) mass is 408 g/mol. The number of carbonyl (C=O) groups excluding carboxylic acids is 1. The average Bonchev–Trinajstić information content (AvgIpc) is 2.63. The van der Waals surface area contributed by atoms with Crippen molar-refractivity contribution in [2.24, 2.45) is 0 Å². The molecule has 28 heavy (non-hydrogen) atoms. The van der Waals surface area contributed by atoms with Crippen molar-refractivity contribution in [3.63, 3.8) is 0 Å². The standard InChI is InChI=1S/C20H25FN2O4S/c1-13-5-7-17(11-14(13)2)28(25,26)22-10-9-20(24)23-15(3)16-6-8-19(27-4)18(21)12-16/h5-8,11-12,15,22H,9-10H2,1-4H3,(H,23,24)/t15-/m1/s1. The van der Waals surface area contributed by atoms with Gasteiger partial charge in [0.2, 0.25) is 15.9 Å². The molecule has 0 aliphatic carbocycles. The van der Waals surface area contributed by atoms with E-state index in [9.17, 15) is 17.6 Å². The summed E-state index contributed by atoms with van der Waals surface area (Å²) in [6.45, 7) is 5.42. The fourth-order valence-electron chi connectivity index (χ4n) is 2.61. The molecule has 0 aliphatic rings. The molecule has 0 unspecified atom stereocenters. The number of carbonyl (C=O) groups is 1. The summed E-state index contributed by atoms with van der Waals surface area (Å²) in [4.78, 5) is 12.3. The quantitative estimate of drug-likeness (QED) is 0.703. The average molecular weight is 408 g/mol. The number of ether oxygens (including phenoxy) is 1. The zero-order chi connectivity index (χ0) is 20.9. The maximum absolute atomic E-state index is 13.8. The Hall–Kier alpha value is -2.45. The van der Waals surface area contributed by atoms with Crippen molar-refractivity contribution in [2.45, 2.75) is 38.1 Å². The summed E-state index contributed by atoms with van der Waals surface area (Å²) in [5.41, 5.74) is 2.46. The first-order chi connectivity index (χ1) is 13.1. The highest BCUT2D eigenvalue weighted by Crippen LogP contribution is 2.21. The van der Waals surface area contributed by atoms with Gasteiger partial charge in [0, 0.05) is 13.0 Å². The van der Waals surface area contributed by atoms with Crippen molar-refractivity contribution in [1.82, 2.24) is 10.0 Å². The Morgan fingerprint density at radius 3 is 2.46 bits per heavy atom.